The zero-order valence-electron chi connectivity index (χ0n) is 12.1. The van der Waals surface area contributed by atoms with Gasteiger partial charge in [0.1, 0.15) is 0 Å². The largest absolute Gasteiger partial charge is 0.465 e. The molecular formula is C15H21ClN2O2. The molecule has 1 aliphatic rings. The second-order valence-electron chi connectivity index (χ2n) is 5.46. The van der Waals surface area contributed by atoms with Crippen LogP contribution in [0.1, 0.15) is 29.8 Å². The minimum absolute atomic E-state index is 0.329. The van der Waals surface area contributed by atoms with Crippen molar-refractivity contribution in [3.63, 3.8) is 0 Å². The summed E-state index contributed by atoms with van der Waals surface area (Å²) in [6.45, 7) is 7.05. The number of methoxy groups -OCH3 is 1. The molecule has 1 aromatic carbocycles. The van der Waals surface area contributed by atoms with Crippen LogP contribution in [0.25, 0.3) is 0 Å². The highest BCUT2D eigenvalue weighted by Crippen LogP contribution is 2.21. The molecule has 2 rings (SSSR count). The molecule has 0 aromatic heterocycles. The number of hydrogen-bond donors (Lipinski definition) is 1. The molecular weight excluding hydrogens is 276 g/mol. The maximum absolute atomic E-state index is 11.6. The lowest BCUT2D eigenvalue weighted by Crippen LogP contribution is -2.53. The van der Waals surface area contributed by atoms with Gasteiger partial charge in [0, 0.05) is 36.7 Å². The molecule has 0 amide bonds. The van der Waals surface area contributed by atoms with Crippen LogP contribution in [0.4, 0.5) is 0 Å². The lowest BCUT2D eigenvalue weighted by molar-refractivity contribution is 0.0600. The van der Waals surface area contributed by atoms with Gasteiger partial charge in [-0.3, -0.25) is 4.90 Å². The molecule has 1 heterocycles. The zero-order valence-corrected chi connectivity index (χ0v) is 12.9. The molecule has 0 saturated carbocycles. The summed E-state index contributed by atoms with van der Waals surface area (Å²) in [4.78, 5) is 13.9. The standard InChI is InChI=1S/C15H21ClN2O2/c1-10-7-18(8-11(2)17-10)9-13-6-12(15(19)20-3)4-5-14(13)16/h4-6,10-11,17H,7-9H2,1-3H3. The zero-order chi connectivity index (χ0) is 14.7. The molecule has 110 valence electrons. The number of hydrogen-bond acceptors (Lipinski definition) is 4. The van der Waals surface area contributed by atoms with E-state index in [-0.39, 0.29) is 5.97 Å². The maximum Gasteiger partial charge on any atom is 0.337 e. The first kappa shape index (κ1) is 15.3. The molecule has 2 unspecified atom stereocenters. The molecule has 1 N–H and O–H groups in total. The summed E-state index contributed by atoms with van der Waals surface area (Å²) < 4.78 is 4.75. The maximum atomic E-state index is 11.6. The van der Waals surface area contributed by atoms with E-state index in [1.54, 1.807) is 12.1 Å². The third-order valence-electron chi connectivity index (χ3n) is 3.49. The van der Waals surface area contributed by atoms with Crippen molar-refractivity contribution in [3.05, 3.63) is 34.3 Å². The van der Waals surface area contributed by atoms with Gasteiger partial charge in [0.15, 0.2) is 0 Å². The van der Waals surface area contributed by atoms with Crippen LogP contribution >= 0.6 is 11.6 Å². The molecule has 0 aliphatic carbocycles. The number of nitrogens with one attached hydrogen (secondary N) is 1. The first-order valence-electron chi connectivity index (χ1n) is 6.84. The number of halogens is 1. The molecule has 0 bridgehead atoms. The van der Waals surface area contributed by atoms with Crippen LogP contribution < -0.4 is 5.32 Å². The first-order chi connectivity index (χ1) is 9.49. The topological polar surface area (TPSA) is 41.6 Å². The number of benzene rings is 1. The SMILES string of the molecule is COC(=O)c1ccc(Cl)c(CN2CC(C)NC(C)C2)c1. The van der Waals surface area contributed by atoms with Crippen LogP contribution in [0.15, 0.2) is 18.2 Å². The Morgan fingerprint density at radius 1 is 1.40 bits per heavy atom. The summed E-state index contributed by atoms with van der Waals surface area (Å²) in [5, 5.41) is 4.19. The Kier molecular flexibility index (Phi) is 5.02. The van der Waals surface area contributed by atoms with Gasteiger partial charge < -0.3 is 10.1 Å². The number of nitrogens with zero attached hydrogens (tertiary/aromatic N) is 1. The van der Waals surface area contributed by atoms with Gasteiger partial charge >= 0.3 is 5.97 Å². The minimum Gasteiger partial charge on any atom is -0.465 e. The third kappa shape index (κ3) is 3.72. The molecule has 2 atom stereocenters. The van der Waals surface area contributed by atoms with Gasteiger partial charge in [0.2, 0.25) is 0 Å². The van der Waals surface area contributed by atoms with Gasteiger partial charge in [-0.15, -0.1) is 0 Å². The van der Waals surface area contributed by atoms with E-state index in [2.05, 4.69) is 24.1 Å². The number of piperazine rings is 1. The Morgan fingerprint density at radius 2 is 2.05 bits per heavy atom. The summed E-state index contributed by atoms with van der Waals surface area (Å²) in [5.74, 6) is -0.329. The molecule has 1 aromatic rings. The van der Waals surface area contributed by atoms with Gasteiger partial charge in [-0.1, -0.05) is 11.6 Å². The van der Waals surface area contributed by atoms with Gasteiger partial charge in [-0.2, -0.15) is 0 Å². The number of esters is 1. The van der Waals surface area contributed by atoms with Crippen molar-refractivity contribution in [1.82, 2.24) is 10.2 Å². The predicted molar refractivity (Wildman–Crippen MR) is 80.1 cm³/mol. The summed E-state index contributed by atoms with van der Waals surface area (Å²) in [5.41, 5.74) is 1.51. The van der Waals surface area contributed by atoms with Gasteiger partial charge in [0.05, 0.1) is 12.7 Å². The quantitative estimate of drug-likeness (QED) is 0.869. The molecule has 20 heavy (non-hydrogen) atoms. The molecule has 0 spiro atoms. The normalized spacial score (nSPS) is 23.6. The summed E-state index contributed by atoms with van der Waals surface area (Å²) >= 11 is 6.24. The highest BCUT2D eigenvalue weighted by atomic mass is 35.5. The van der Waals surface area contributed by atoms with E-state index in [0.717, 1.165) is 25.2 Å². The van der Waals surface area contributed by atoms with Crippen LogP contribution in [-0.4, -0.2) is 43.2 Å². The van der Waals surface area contributed by atoms with E-state index in [9.17, 15) is 4.79 Å². The Labute approximate surface area is 125 Å². The van der Waals surface area contributed by atoms with Crippen LogP contribution in [0, 0.1) is 0 Å². The Balaban J connectivity index is 2.13. The van der Waals surface area contributed by atoms with Crippen LogP contribution in [-0.2, 0) is 11.3 Å². The second-order valence-corrected chi connectivity index (χ2v) is 5.87. The highest BCUT2D eigenvalue weighted by molar-refractivity contribution is 6.31. The predicted octanol–water partition coefficient (Wildman–Crippen LogP) is 2.31. The third-order valence-corrected chi connectivity index (χ3v) is 3.86. The number of carbonyl (C=O) groups is 1. The van der Waals surface area contributed by atoms with Gasteiger partial charge in [0.25, 0.3) is 0 Å². The van der Waals surface area contributed by atoms with Gasteiger partial charge in [-0.05, 0) is 37.6 Å². The fourth-order valence-corrected chi connectivity index (χ4v) is 2.93. The minimum atomic E-state index is -0.329. The van der Waals surface area contributed by atoms with E-state index in [1.165, 1.54) is 7.11 Å². The van der Waals surface area contributed by atoms with E-state index in [4.69, 9.17) is 16.3 Å². The average Bonchev–Trinajstić information content (AvgIpc) is 2.39. The van der Waals surface area contributed by atoms with Crippen molar-refractivity contribution in [2.45, 2.75) is 32.5 Å². The summed E-state index contributed by atoms with van der Waals surface area (Å²) in [7, 11) is 1.39. The van der Waals surface area contributed by atoms with E-state index in [0.29, 0.717) is 22.7 Å². The smallest absolute Gasteiger partial charge is 0.337 e. The molecule has 5 heteroatoms. The summed E-state index contributed by atoms with van der Waals surface area (Å²) in [6, 6.07) is 6.20. The van der Waals surface area contributed by atoms with Crippen molar-refractivity contribution in [2.75, 3.05) is 20.2 Å². The van der Waals surface area contributed by atoms with Crippen molar-refractivity contribution in [3.8, 4) is 0 Å². The van der Waals surface area contributed by atoms with E-state index < -0.39 is 0 Å². The molecule has 1 aliphatic heterocycles. The number of rotatable bonds is 3. The van der Waals surface area contributed by atoms with E-state index in [1.807, 2.05) is 6.07 Å². The van der Waals surface area contributed by atoms with Crippen LogP contribution in [0.2, 0.25) is 5.02 Å². The second kappa shape index (κ2) is 6.57. The number of ether oxygens (including phenoxy) is 1. The van der Waals surface area contributed by atoms with Crippen LogP contribution in [0.3, 0.4) is 0 Å². The Hall–Kier alpha value is -1.10. The summed E-state index contributed by atoms with van der Waals surface area (Å²) in [6.07, 6.45) is 0. The van der Waals surface area contributed by atoms with Crippen molar-refractivity contribution >= 4 is 17.6 Å². The lowest BCUT2D eigenvalue weighted by Gasteiger charge is -2.36. The van der Waals surface area contributed by atoms with E-state index >= 15 is 0 Å². The Morgan fingerprint density at radius 3 is 2.65 bits per heavy atom. The fourth-order valence-electron chi connectivity index (χ4n) is 2.75. The average molecular weight is 297 g/mol. The molecule has 0 radical (unpaired) electrons. The first-order valence-corrected chi connectivity index (χ1v) is 7.22. The highest BCUT2D eigenvalue weighted by Gasteiger charge is 2.21. The van der Waals surface area contributed by atoms with Crippen molar-refractivity contribution in [1.29, 1.82) is 0 Å². The van der Waals surface area contributed by atoms with Gasteiger partial charge in [-0.25, -0.2) is 4.79 Å². The molecule has 1 fully saturated rings. The fraction of sp³-hybridized carbons (Fsp3) is 0.533. The van der Waals surface area contributed by atoms with Crippen molar-refractivity contribution in [2.24, 2.45) is 0 Å². The lowest BCUT2D eigenvalue weighted by atomic mass is 10.1. The van der Waals surface area contributed by atoms with Crippen LogP contribution in [0.5, 0.6) is 0 Å². The Bertz CT molecular complexity index is 483. The van der Waals surface area contributed by atoms with Crippen molar-refractivity contribution < 1.29 is 9.53 Å². The number of carbonyl (C=O) groups excluding carboxylic acids is 1. The monoisotopic (exact) mass is 296 g/mol. The molecule has 4 nitrogen and oxygen atoms in total. The molecule has 1 saturated heterocycles.